The number of carboxylic acids is 2. The summed E-state index contributed by atoms with van der Waals surface area (Å²) >= 11 is 8.26. The molecule has 38 heavy (non-hydrogen) atoms. The van der Waals surface area contributed by atoms with Gasteiger partial charge >= 0.3 is 11.9 Å². The van der Waals surface area contributed by atoms with E-state index in [4.69, 9.17) is 21.8 Å². The first kappa shape index (κ1) is 29.4. The molecule has 0 atom stereocenters. The van der Waals surface area contributed by atoms with Crippen LogP contribution in [-0.4, -0.2) is 41.0 Å². The largest absolute Gasteiger partial charge is 0.481 e. The molecule has 1 aliphatic rings. The Morgan fingerprint density at radius 1 is 0.921 bits per heavy atom. The Morgan fingerprint density at radius 2 is 1.63 bits per heavy atom. The first-order chi connectivity index (χ1) is 18.3. The maximum Gasteiger partial charge on any atom is 0.303 e. The summed E-state index contributed by atoms with van der Waals surface area (Å²) < 4.78 is 0. The fourth-order valence-corrected chi connectivity index (χ4v) is 5.17. The highest BCUT2D eigenvalue weighted by Gasteiger charge is 2.15. The molecule has 0 bridgehead atoms. The van der Waals surface area contributed by atoms with Crippen LogP contribution in [0.1, 0.15) is 57.6 Å². The highest BCUT2D eigenvalue weighted by atomic mass is 35.5. The lowest BCUT2D eigenvalue weighted by Gasteiger charge is -2.16. The van der Waals surface area contributed by atoms with Crippen LogP contribution in [0.4, 0.5) is 5.69 Å². The summed E-state index contributed by atoms with van der Waals surface area (Å²) in [5, 5.41) is 25.6. The van der Waals surface area contributed by atoms with Crippen molar-refractivity contribution >= 4 is 46.3 Å². The summed E-state index contributed by atoms with van der Waals surface area (Å²) in [5.41, 5.74) is 5.68. The van der Waals surface area contributed by atoms with Crippen LogP contribution in [0.3, 0.4) is 0 Å². The summed E-state index contributed by atoms with van der Waals surface area (Å²) in [7, 11) is 0. The molecule has 0 saturated carbocycles. The second-order valence-electron chi connectivity index (χ2n) is 9.00. The van der Waals surface area contributed by atoms with Gasteiger partial charge in [0, 0.05) is 23.4 Å². The molecule has 1 aliphatic heterocycles. The minimum atomic E-state index is -1.08. The Labute approximate surface area is 231 Å². The molecule has 202 valence electrons. The van der Waals surface area contributed by atoms with Gasteiger partial charge in [-0.25, -0.2) is 0 Å². The molecule has 0 amide bonds. The molecule has 9 heteroatoms. The Hall–Kier alpha value is -3.20. The number of nitrogens with one attached hydrogen (secondary N) is 2. The molecule has 2 aromatic carbocycles. The fraction of sp³-hybridized carbons (Fsp3) is 0.345. The molecule has 4 N–H and O–H groups in total. The van der Waals surface area contributed by atoms with E-state index in [1.54, 1.807) is 11.3 Å². The van der Waals surface area contributed by atoms with Gasteiger partial charge in [0.1, 0.15) is 0 Å². The molecule has 7 nitrogen and oxygen atoms in total. The number of benzene rings is 2. The number of carboxylic acid groups (broad SMARTS) is 2. The van der Waals surface area contributed by atoms with E-state index in [1.807, 2.05) is 30.3 Å². The second-order valence-corrected chi connectivity index (χ2v) is 10.4. The molecule has 0 saturated heterocycles. The first-order valence-electron chi connectivity index (χ1n) is 12.7. The van der Waals surface area contributed by atoms with E-state index in [2.05, 4.69) is 34.2 Å². The van der Waals surface area contributed by atoms with Crippen molar-refractivity contribution in [1.29, 1.82) is 0 Å². The lowest BCUT2D eigenvalue weighted by molar-refractivity contribution is -0.143. The third kappa shape index (κ3) is 9.59. The molecular formula is C29H33ClN2O5S. The van der Waals surface area contributed by atoms with Crippen LogP contribution in [0.25, 0.3) is 0 Å². The van der Waals surface area contributed by atoms with Crippen LogP contribution >= 0.6 is 22.9 Å². The third-order valence-electron chi connectivity index (χ3n) is 6.19. The standard InChI is InChI=1S/C25H27ClN2OS.C4H6O4/c26-23-11-10-19-12-14-27-15-13-22(19)25(23)28-17-18-6-8-20(9-7-18)24(29)5-1-3-21-4-2-16-30-21;5-3(6)1-2-4(7)8/h2,4,6-11,16,27-28H,1,3,5,12-15,17H2;1-2H2,(H,5,6)(H,7,8). The van der Waals surface area contributed by atoms with Crippen molar-refractivity contribution in [3.63, 3.8) is 0 Å². The predicted octanol–water partition coefficient (Wildman–Crippen LogP) is 5.84. The molecule has 0 spiro atoms. The number of hydrogen-bond donors (Lipinski definition) is 4. The van der Waals surface area contributed by atoms with Crippen molar-refractivity contribution in [2.45, 2.75) is 51.5 Å². The van der Waals surface area contributed by atoms with Crippen molar-refractivity contribution in [2.24, 2.45) is 0 Å². The van der Waals surface area contributed by atoms with E-state index in [0.29, 0.717) is 13.0 Å². The number of anilines is 1. The molecule has 2 heterocycles. The quantitative estimate of drug-likeness (QED) is 0.219. The summed E-state index contributed by atoms with van der Waals surface area (Å²) in [4.78, 5) is 33.1. The highest BCUT2D eigenvalue weighted by molar-refractivity contribution is 7.09. The van der Waals surface area contributed by atoms with Gasteiger partial charge in [0.15, 0.2) is 5.78 Å². The second kappa shape index (κ2) is 15.3. The van der Waals surface area contributed by atoms with E-state index >= 15 is 0 Å². The van der Waals surface area contributed by atoms with Gasteiger partial charge in [-0.3, -0.25) is 14.4 Å². The highest BCUT2D eigenvalue weighted by Crippen LogP contribution is 2.31. The molecule has 0 radical (unpaired) electrons. The Bertz CT molecular complexity index is 1200. The van der Waals surface area contributed by atoms with Crippen molar-refractivity contribution < 1.29 is 24.6 Å². The number of fused-ring (bicyclic) bond motifs is 1. The Balaban J connectivity index is 0.000000436. The van der Waals surface area contributed by atoms with Gasteiger partial charge in [-0.1, -0.05) is 48.0 Å². The normalized spacial score (nSPS) is 12.4. The molecule has 0 fully saturated rings. The van der Waals surface area contributed by atoms with Crippen LogP contribution < -0.4 is 10.6 Å². The van der Waals surface area contributed by atoms with Gasteiger partial charge in [-0.15, -0.1) is 11.3 Å². The van der Waals surface area contributed by atoms with Crippen molar-refractivity contribution in [2.75, 3.05) is 18.4 Å². The molecule has 3 aromatic rings. The lowest BCUT2D eigenvalue weighted by Crippen LogP contribution is -2.16. The maximum atomic E-state index is 12.5. The number of halogens is 1. The SMILES string of the molecule is O=C(CCCc1cccs1)c1ccc(CNc2c(Cl)ccc3c2CCNCC3)cc1.O=C(O)CCC(=O)O. The number of thiophene rings is 1. The number of Topliss-reactive ketones (excluding diaryl/α,β-unsaturated/α-hetero) is 1. The average molecular weight is 557 g/mol. The van der Waals surface area contributed by atoms with Gasteiger partial charge in [-0.05, 0) is 73.0 Å². The van der Waals surface area contributed by atoms with Crippen molar-refractivity contribution in [3.05, 3.63) is 86.1 Å². The number of rotatable bonds is 11. The number of hydrogen-bond acceptors (Lipinski definition) is 6. The van der Waals surface area contributed by atoms with Gasteiger partial charge in [0.25, 0.3) is 0 Å². The zero-order chi connectivity index (χ0) is 27.3. The number of carbonyl (C=O) groups is 3. The summed E-state index contributed by atoms with van der Waals surface area (Å²) in [5.74, 6) is -1.94. The van der Waals surface area contributed by atoms with Crippen LogP contribution in [0.2, 0.25) is 5.02 Å². The van der Waals surface area contributed by atoms with E-state index in [0.717, 1.165) is 60.6 Å². The Morgan fingerprint density at radius 3 is 2.29 bits per heavy atom. The average Bonchev–Trinajstić information content (AvgIpc) is 3.30. The number of aliphatic carboxylic acids is 2. The summed E-state index contributed by atoms with van der Waals surface area (Å²) in [6, 6.07) is 16.3. The topological polar surface area (TPSA) is 116 Å². The van der Waals surface area contributed by atoms with Crippen molar-refractivity contribution in [3.8, 4) is 0 Å². The first-order valence-corrected chi connectivity index (χ1v) is 13.9. The van der Waals surface area contributed by atoms with Crippen LogP contribution in [-0.2, 0) is 35.4 Å². The van der Waals surface area contributed by atoms with Gasteiger partial charge in [0.2, 0.25) is 0 Å². The van der Waals surface area contributed by atoms with Crippen LogP contribution in [0.15, 0.2) is 53.9 Å². The number of ketones is 1. The smallest absolute Gasteiger partial charge is 0.303 e. The van der Waals surface area contributed by atoms with Gasteiger partial charge in [-0.2, -0.15) is 0 Å². The molecule has 1 aromatic heterocycles. The minimum Gasteiger partial charge on any atom is -0.481 e. The monoisotopic (exact) mass is 556 g/mol. The van der Waals surface area contributed by atoms with E-state index in [9.17, 15) is 14.4 Å². The van der Waals surface area contributed by atoms with Crippen LogP contribution in [0.5, 0.6) is 0 Å². The lowest BCUT2D eigenvalue weighted by atomic mass is 10.0. The molecule has 0 aliphatic carbocycles. The number of carbonyl (C=O) groups excluding carboxylic acids is 1. The molecule has 4 rings (SSSR count). The Kier molecular flexibility index (Phi) is 11.8. The van der Waals surface area contributed by atoms with Crippen molar-refractivity contribution in [1.82, 2.24) is 5.32 Å². The predicted molar refractivity (Wildman–Crippen MR) is 152 cm³/mol. The van der Waals surface area contributed by atoms with E-state index in [1.165, 1.54) is 16.0 Å². The van der Waals surface area contributed by atoms with E-state index in [-0.39, 0.29) is 18.6 Å². The van der Waals surface area contributed by atoms with Crippen LogP contribution in [0, 0.1) is 0 Å². The minimum absolute atomic E-state index is 0.218. The fourth-order valence-electron chi connectivity index (χ4n) is 4.17. The molecular weight excluding hydrogens is 524 g/mol. The zero-order valence-corrected chi connectivity index (χ0v) is 22.7. The summed E-state index contributed by atoms with van der Waals surface area (Å²) in [6.07, 6.45) is 3.89. The zero-order valence-electron chi connectivity index (χ0n) is 21.2. The molecule has 0 unspecified atom stereocenters. The number of aryl methyl sites for hydroxylation is 1. The van der Waals surface area contributed by atoms with Gasteiger partial charge < -0.3 is 20.8 Å². The summed E-state index contributed by atoms with van der Waals surface area (Å²) in [6.45, 7) is 2.68. The van der Waals surface area contributed by atoms with E-state index < -0.39 is 11.9 Å². The third-order valence-corrected chi connectivity index (χ3v) is 7.44. The van der Waals surface area contributed by atoms with Gasteiger partial charge in [0.05, 0.1) is 23.6 Å². The maximum absolute atomic E-state index is 12.5.